The number of aliphatic hydroxyl groups is 1. The number of nitrogens with zero attached hydrogens (tertiary/aromatic N) is 2. The third-order valence-electron chi connectivity index (χ3n) is 4.50. The fraction of sp³-hybridized carbons (Fsp3) is 0.286. The number of ether oxygens (including phenoxy) is 2. The summed E-state index contributed by atoms with van der Waals surface area (Å²) in [6, 6.07) is 10.5. The molecule has 7 heteroatoms. The zero-order valence-corrected chi connectivity index (χ0v) is 15.8. The van der Waals surface area contributed by atoms with E-state index < -0.39 is 24.1 Å². The van der Waals surface area contributed by atoms with Crippen molar-refractivity contribution in [3.8, 4) is 0 Å². The third kappa shape index (κ3) is 4.37. The second-order valence-corrected chi connectivity index (χ2v) is 6.87. The Bertz CT molecular complexity index is 877. The lowest BCUT2D eigenvalue weighted by molar-refractivity contribution is -0.154. The lowest BCUT2D eigenvalue weighted by Crippen LogP contribution is -2.39. The maximum atomic E-state index is 12.3. The van der Waals surface area contributed by atoms with Crippen LogP contribution in [0, 0.1) is 0 Å². The number of cyclic esters (lactones) is 1. The zero-order valence-electron chi connectivity index (χ0n) is 15.8. The molecule has 1 fully saturated rings. The number of rotatable bonds is 6. The summed E-state index contributed by atoms with van der Waals surface area (Å²) in [4.78, 5) is 30.4. The first-order chi connectivity index (χ1) is 13.4. The van der Waals surface area contributed by atoms with Gasteiger partial charge in [0, 0.05) is 44.2 Å². The molecule has 28 heavy (non-hydrogen) atoms. The molecule has 1 N–H and O–H groups in total. The summed E-state index contributed by atoms with van der Waals surface area (Å²) < 4.78 is 10.7. The number of benzene rings is 1. The molecule has 1 aliphatic heterocycles. The number of hydrogen-bond donors (Lipinski definition) is 1. The summed E-state index contributed by atoms with van der Waals surface area (Å²) in [5, 5.41) is 9.79. The van der Waals surface area contributed by atoms with Gasteiger partial charge >= 0.3 is 11.9 Å². The Hall–Kier alpha value is -3.19. The Labute approximate surface area is 163 Å². The summed E-state index contributed by atoms with van der Waals surface area (Å²) in [7, 11) is 3.81. The molecule has 1 saturated heterocycles. The second-order valence-electron chi connectivity index (χ2n) is 6.87. The molecular weight excluding hydrogens is 360 g/mol. The molecule has 1 unspecified atom stereocenters. The first-order valence-electron chi connectivity index (χ1n) is 8.82. The van der Waals surface area contributed by atoms with Crippen molar-refractivity contribution in [1.82, 2.24) is 4.98 Å². The number of carbonyl (C=O) groups excluding carboxylic acids is 2. The van der Waals surface area contributed by atoms with E-state index in [-0.39, 0.29) is 13.0 Å². The molecular formula is C21H22N2O5. The summed E-state index contributed by atoms with van der Waals surface area (Å²) >= 11 is 0. The van der Waals surface area contributed by atoms with Gasteiger partial charge in [-0.05, 0) is 48.0 Å². The average molecular weight is 382 g/mol. The van der Waals surface area contributed by atoms with Crippen LogP contribution in [0.5, 0.6) is 0 Å². The van der Waals surface area contributed by atoms with E-state index >= 15 is 0 Å². The molecule has 0 saturated carbocycles. The van der Waals surface area contributed by atoms with E-state index in [1.165, 1.54) is 0 Å². The van der Waals surface area contributed by atoms with Crippen molar-refractivity contribution in [1.29, 1.82) is 0 Å². The highest BCUT2D eigenvalue weighted by Crippen LogP contribution is 2.32. The first-order valence-corrected chi connectivity index (χ1v) is 8.82. The van der Waals surface area contributed by atoms with Crippen LogP contribution in [0.4, 0.5) is 5.69 Å². The van der Waals surface area contributed by atoms with Crippen LogP contribution in [0.25, 0.3) is 6.08 Å². The van der Waals surface area contributed by atoms with Crippen molar-refractivity contribution in [2.75, 3.05) is 32.2 Å². The SMILES string of the molecule is CN(C)c1ccc(C(=O)OCC2(CO)C/C(=C/c3ccncc3)C(=O)O2)cc1. The van der Waals surface area contributed by atoms with E-state index in [1.54, 1.807) is 42.7 Å². The minimum Gasteiger partial charge on any atom is -0.458 e. The van der Waals surface area contributed by atoms with Crippen molar-refractivity contribution < 1.29 is 24.2 Å². The highest BCUT2D eigenvalue weighted by atomic mass is 16.6. The number of hydrogen-bond acceptors (Lipinski definition) is 7. The van der Waals surface area contributed by atoms with Crippen molar-refractivity contribution in [2.45, 2.75) is 12.0 Å². The van der Waals surface area contributed by atoms with Crippen LogP contribution in [0.15, 0.2) is 54.4 Å². The number of anilines is 1. The van der Waals surface area contributed by atoms with E-state index in [4.69, 9.17) is 9.47 Å². The molecule has 0 aliphatic carbocycles. The van der Waals surface area contributed by atoms with Gasteiger partial charge in [-0.3, -0.25) is 4.98 Å². The van der Waals surface area contributed by atoms with Crippen molar-refractivity contribution in [3.63, 3.8) is 0 Å². The normalized spacial score (nSPS) is 20.1. The predicted molar refractivity (Wildman–Crippen MR) is 104 cm³/mol. The van der Waals surface area contributed by atoms with Gasteiger partial charge in [0.05, 0.1) is 12.2 Å². The Morgan fingerprint density at radius 1 is 1.25 bits per heavy atom. The van der Waals surface area contributed by atoms with Crippen LogP contribution in [0.2, 0.25) is 0 Å². The molecule has 3 rings (SSSR count). The highest BCUT2D eigenvalue weighted by molar-refractivity contribution is 5.96. The van der Waals surface area contributed by atoms with Gasteiger partial charge in [0.15, 0.2) is 5.60 Å². The smallest absolute Gasteiger partial charge is 0.338 e. The molecule has 1 aromatic heterocycles. The zero-order chi connectivity index (χ0) is 20.1. The molecule has 0 radical (unpaired) electrons. The van der Waals surface area contributed by atoms with Gasteiger partial charge in [0.1, 0.15) is 6.61 Å². The molecule has 1 aromatic carbocycles. The lowest BCUT2D eigenvalue weighted by atomic mass is 9.98. The molecule has 1 aliphatic rings. The van der Waals surface area contributed by atoms with Crippen LogP contribution in [-0.4, -0.2) is 54.9 Å². The molecule has 7 nitrogen and oxygen atoms in total. The molecule has 0 amide bonds. The van der Waals surface area contributed by atoms with Crippen LogP contribution < -0.4 is 4.90 Å². The van der Waals surface area contributed by atoms with Gasteiger partial charge in [-0.25, -0.2) is 9.59 Å². The summed E-state index contributed by atoms with van der Waals surface area (Å²) in [5.41, 5.74) is 1.28. The molecule has 0 spiro atoms. The second kappa shape index (κ2) is 8.22. The van der Waals surface area contributed by atoms with Crippen LogP contribution in [0.1, 0.15) is 22.3 Å². The maximum Gasteiger partial charge on any atom is 0.338 e. The Morgan fingerprint density at radius 3 is 2.54 bits per heavy atom. The number of pyridine rings is 1. The fourth-order valence-electron chi connectivity index (χ4n) is 2.88. The third-order valence-corrected chi connectivity index (χ3v) is 4.50. The quantitative estimate of drug-likeness (QED) is 0.604. The Kier molecular flexibility index (Phi) is 5.75. The monoisotopic (exact) mass is 382 g/mol. The molecule has 2 heterocycles. The van der Waals surface area contributed by atoms with Crippen molar-refractivity contribution in [2.24, 2.45) is 0 Å². The molecule has 146 valence electrons. The number of aliphatic hydroxyl groups excluding tert-OH is 1. The topological polar surface area (TPSA) is 89.0 Å². The van der Waals surface area contributed by atoms with E-state index in [1.807, 2.05) is 31.1 Å². The first kappa shape index (κ1) is 19.6. The molecule has 1 atom stereocenters. The van der Waals surface area contributed by atoms with E-state index in [9.17, 15) is 14.7 Å². The fourth-order valence-corrected chi connectivity index (χ4v) is 2.88. The minimum atomic E-state index is -1.27. The van der Waals surface area contributed by atoms with Crippen LogP contribution in [0.3, 0.4) is 0 Å². The van der Waals surface area contributed by atoms with Gasteiger partial charge in [-0.2, -0.15) is 0 Å². The molecule has 0 bridgehead atoms. The molecule has 2 aromatic rings. The van der Waals surface area contributed by atoms with Crippen molar-refractivity contribution >= 4 is 23.7 Å². The largest absolute Gasteiger partial charge is 0.458 e. The standard InChI is InChI=1S/C21H22N2O5/c1-23(2)18-5-3-16(4-6-18)19(25)27-14-21(13-24)12-17(20(26)28-21)11-15-7-9-22-10-8-15/h3-11,24H,12-14H2,1-2H3/b17-11-. The van der Waals surface area contributed by atoms with Crippen LogP contribution in [-0.2, 0) is 14.3 Å². The summed E-state index contributed by atoms with van der Waals surface area (Å²) in [6.07, 6.45) is 5.07. The summed E-state index contributed by atoms with van der Waals surface area (Å²) in [6.45, 7) is -0.670. The Balaban J connectivity index is 1.67. The van der Waals surface area contributed by atoms with Gasteiger partial charge in [0.2, 0.25) is 0 Å². The lowest BCUT2D eigenvalue weighted by Gasteiger charge is -2.24. The number of carbonyl (C=O) groups is 2. The minimum absolute atomic E-state index is 0.150. The number of esters is 2. The van der Waals surface area contributed by atoms with E-state index in [0.29, 0.717) is 11.1 Å². The highest BCUT2D eigenvalue weighted by Gasteiger charge is 2.44. The number of aromatic nitrogens is 1. The average Bonchev–Trinajstić information content (AvgIpc) is 3.03. The predicted octanol–water partition coefficient (Wildman–Crippen LogP) is 2.07. The van der Waals surface area contributed by atoms with Crippen LogP contribution >= 0.6 is 0 Å². The van der Waals surface area contributed by atoms with E-state index in [0.717, 1.165) is 11.3 Å². The maximum absolute atomic E-state index is 12.3. The van der Waals surface area contributed by atoms with E-state index in [2.05, 4.69) is 4.98 Å². The van der Waals surface area contributed by atoms with Crippen molar-refractivity contribution in [3.05, 3.63) is 65.5 Å². The van der Waals surface area contributed by atoms with Gasteiger partial charge in [-0.1, -0.05) is 0 Å². The summed E-state index contributed by atoms with van der Waals surface area (Å²) in [5.74, 6) is -1.07. The Morgan fingerprint density at radius 2 is 1.93 bits per heavy atom. The van der Waals surface area contributed by atoms with Gasteiger partial charge < -0.3 is 19.5 Å². The van der Waals surface area contributed by atoms with Gasteiger partial charge in [-0.15, -0.1) is 0 Å². The van der Waals surface area contributed by atoms with Gasteiger partial charge in [0.25, 0.3) is 0 Å².